The number of ether oxygens (including phenoxy) is 1. The van der Waals surface area contributed by atoms with E-state index in [1.807, 2.05) is 80.1 Å². The number of aromatic nitrogens is 5. The highest BCUT2D eigenvalue weighted by atomic mass is 16.5. The second-order valence-electron chi connectivity index (χ2n) is 8.41. The summed E-state index contributed by atoms with van der Waals surface area (Å²) in [4.78, 5) is 26.7. The quantitative estimate of drug-likeness (QED) is 0.340. The third kappa shape index (κ3) is 4.59. The van der Waals surface area contributed by atoms with E-state index in [4.69, 9.17) is 9.72 Å². The molecule has 1 N–H and O–H groups in total. The zero-order chi connectivity index (χ0) is 24.4. The van der Waals surface area contributed by atoms with Crippen LogP contribution in [0.25, 0.3) is 22.3 Å². The lowest BCUT2D eigenvalue weighted by Crippen LogP contribution is -2.14. The first kappa shape index (κ1) is 22.2. The second kappa shape index (κ2) is 9.34. The Morgan fingerprint density at radius 1 is 0.971 bits per heavy atom. The van der Waals surface area contributed by atoms with Gasteiger partial charge in [0.1, 0.15) is 5.75 Å². The summed E-state index contributed by atoms with van der Waals surface area (Å²) < 4.78 is 7.45. The molecule has 35 heavy (non-hydrogen) atoms. The van der Waals surface area contributed by atoms with Crippen molar-refractivity contribution in [2.45, 2.75) is 26.8 Å². The molecule has 8 nitrogen and oxygen atoms in total. The minimum Gasteiger partial charge on any atom is -0.424 e. The SMILES string of the molecule is Cc1ccccc1-c1cc(C(=O)Nc2cnc(Oc3ccccc3)nc2)c2cnn(C(C)C)c2n1. The number of hydrogen-bond donors (Lipinski definition) is 1. The first-order valence-corrected chi connectivity index (χ1v) is 11.3. The Hall–Kier alpha value is -4.59. The van der Waals surface area contributed by atoms with Gasteiger partial charge in [0.2, 0.25) is 0 Å². The van der Waals surface area contributed by atoms with Crippen LogP contribution in [0, 0.1) is 6.92 Å². The molecule has 3 aromatic heterocycles. The maximum absolute atomic E-state index is 13.4. The summed E-state index contributed by atoms with van der Waals surface area (Å²) in [6.45, 7) is 6.09. The Kier molecular flexibility index (Phi) is 5.93. The van der Waals surface area contributed by atoms with E-state index in [0.29, 0.717) is 33.7 Å². The number of nitrogens with one attached hydrogen (secondary N) is 1. The highest BCUT2D eigenvalue weighted by molar-refractivity contribution is 6.12. The Bertz CT molecular complexity index is 1490. The number of nitrogens with zero attached hydrogens (tertiary/aromatic N) is 5. The molecule has 0 saturated carbocycles. The molecule has 0 radical (unpaired) electrons. The fourth-order valence-corrected chi connectivity index (χ4v) is 3.81. The summed E-state index contributed by atoms with van der Waals surface area (Å²) in [5.41, 5.74) is 4.34. The molecule has 0 saturated heterocycles. The molecule has 2 aromatic carbocycles. The van der Waals surface area contributed by atoms with E-state index >= 15 is 0 Å². The van der Waals surface area contributed by atoms with Crippen LogP contribution in [0.2, 0.25) is 0 Å². The molecule has 0 spiro atoms. The van der Waals surface area contributed by atoms with Crippen LogP contribution >= 0.6 is 0 Å². The number of fused-ring (bicyclic) bond motifs is 1. The van der Waals surface area contributed by atoms with Gasteiger partial charge in [-0.15, -0.1) is 0 Å². The highest BCUT2D eigenvalue weighted by Gasteiger charge is 2.19. The molecule has 0 aliphatic heterocycles. The van der Waals surface area contributed by atoms with Crippen LogP contribution in [0.3, 0.4) is 0 Å². The lowest BCUT2D eigenvalue weighted by Gasteiger charge is -2.12. The van der Waals surface area contributed by atoms with Crippen molar-refractivity contribution in [3.8, 4) is 23.0 Å². The van der Waals surface area contributed by atoms with Crippen molar-refractivity contribution in [3.63, 3.8) is 0 Å². The third-order valence-corrected chi connectivity index (χ3v) is 5.56. The Morgan fingerprint density at radius 2 is 1.69 bits per heavy atom. The highest BCUT2D eigenvalue weighted by Crippen LogP contribution is 2.29. The van der Waals surface area contributed by atoms with Crippen molar-refractivity contribution in [2.24, 2.45) is 0 Å². The Balaban J connectivity index is 1.47. The molecule has 0 atom stereocenters. The summed E-state index contributed by atoms with van der Waals surface area (Å²) in [5.74, 6) is 0.338. The van der Waals surface area contributed by atoms with Crippen molar-refractivity contribution >= 4 is 22.6 Å². The van der Waals surface area contributed by atoms with Gasteiger partial charge in [-0.2, -0.15) is 5.10 Å². The molecule has 0 fully saturated rings. The van der Waals surface area contributed by atoms with E-state index in [1.165, 1.54) is 12.4 Å². The number of amides is 1. The van der Waals surface area contributed by atoms with E-state index in [1.54, 1.807) is 12.3 Å². The zero-order valence-electron chi connectivity index (χ0n) is 19.6. The molecule has 0 unspecified atom stereocenters. The summed E-state index contributed by atoms with van der Waals surface area (Å²) in [7, 11) is 0. The van der Waals surface area contributed by atoms with Gasteiger partial charge >= 0.3 is 6.01 Å². The smallest absolute Gasteiger partial charge is 0.322 e. The van der Waals surface area contributed by atoms with E-state index in [9.17, 15) is 4.79 Å². The normalized spacial score (nSPS) is 11.1. The summed E-state index contributed by atoms with van der Waals surface area (Å²) in [6, 6.07) is 19.3. The number of benzene rings is 2. The molecule has 8 heteroatoms. The number of hydrogen-bond acceptors (Lipinski definition) is 6. The topological polar surface area (TPSA) is 94.8 Å². The van der Waals surface area contributed by atoms with Crippen LogP contribution in [0.5, 0.6) is 11.8 Å². The number of pyridine rings is 1. The Labute approximate surface area is 202 Å². The van der Waals surface area contributed by atoms with Gasteiger partial charge in [0.05, 0.1) is 40.9 Å². The lowest BCUT2D eigenvalue weighted by atomic mass is 10.0. The van der Waals surface area contributed by atoms with E-state index in [-0.39, 0.29) is 18.0 Å². The lowest BCUT2D eigenvalue weighted by molar-refractivity contribution is 0.102. The maximum Gasteiger partial charge on any atom is 0.322 e. The van der Waals surface area contributed by atoms with Crippen LogP contribution in [-0.2, 0) is 0 Å². The van der Waals surface area contributed by atoms with Crippen LogP contribution in [0.1, 0.15) is 35.8 Å². The fraction of sp³-hybridized carbons (Fsp3) is 0.148. The van der Waals surface area contributed by atoms with Crippen LogP contribution in [0.4, 0.5) is 5.69 Å². The molecule has 174 valence electrons. The van der Waals surface area contributed by atoms with Crippen molar-refractivity contribution in [3.05, 3.63) is 90.4 Å². The largest absolute Gasteiger partial charge is 0.424 e. The van der Waals surface area contributed by atoms with E-state index < -0.39 is 0 Å². The number of carbonyl (C=O) groups is 1. The first-order chi connectivity index (χ1) is 17.0. The zero-order valence-corrected chi connectivity index (χ0v) is 19.6. The van der Waals surface area contributed by atoms with Gasteiger partial charge in [-0.1, -0.05) is 42.5 Å². The average Bonchev–Trinajstić information content (AvgIpc) is 3.30. The number of anilines is 1. The van der Waals surface area contributed by atoms with Gasteiger partial charge < -0.3 is 10.1 Å². The molecule has 3 heterocycles. The van der Waals surface area contributed by atoms with E-state index in [2.05, 4.69) is 20.4 Å². The standard InChI is InChI=1S/C27H24N6O2/c1-17(2)33-25-23(16-30-33)22(13-24(32-25)21-12-8-7-9-18(21)3)26(34)31-19-14-28-27(29-15-19)35-20-10-5-4-6-11-20/h4-17H,1-3H3,(H,31,34). The van der Waals surface area contributed by atoms with Crippen molar-refractivity contribution in [1.82, 2.24) is 24.7 Å². The van der Waals surface area contributed by atoms with Crippen LogP contribution < -0.4 is 10.1 Å². The fourth-order valence-electron chi connectivity index (χ4n) is 3.81. The monoisotopic (exact) mass is 464 g/mol. The van der Waals surface area contributed by atoms with Gasteiger partial charge in [-0.25, -0.2) is 19.6 Å². The van der Waals surface area contributed by atoms with Gasteiger partial charge in [-0.3, -0.25) is 4.79 Å². The van der Waals surface area contributed by atoms with E-state index in [0.717, 1.165) is 11.1 Å². The van der Waals surface area contributed by atoms with Crippen molar-refractivity contribution in [1.29, 1.82) is 0 Å². The van der Waals surface area contributed by atoms with Crippen molar-refractivity contribution < 1.29 is 9.53 Å². The van der Waals surface area contributed by atoms with Crippen molar-refractivity contribution in [2.75, 3.05) is 5.32 Å². The third-order valence-electron chi connectivity index (χ3n) is 5.56. The van der Waals surface area contributed by atoms with Gasteiger partial charge in [0.25, 0.3) is 5.91 Å². The summed E-state index contributed by atoms with van der Waals surface area (Å²) >= 11 is 0. The molecular weight excluding hydrogens is 440 g/mol. The maximum atomic E-state index is 13.4. The van der Waals surface area contributed by atoms with Crippen LogP contribution in [0.15, 0.2) is 79.3 Å². The molecular formula is C27H24N6O2. The molecule has 5 rings (SSSR count). The summed E-state index contributed by atoms with van der Waals surface area (Å²) in [5, 5.41) is 8.05. The second-order valence-corrected chi connectivity index (χ2v) is 8.41. The number of rotatable bonds is 6. The number of aryl methyl sites for hydroxylation is 1. The predicted molar refractivity (Wildman–Crippen MR) is 135 cm³/mol. The minimum absolute atomic E-state index is 0.0913. The van der Waals surface area contributed by atoms with Crippen LogP contribution in [-0.4, -0.2) is 30.6 Å². The Morgan fingerprint density at radius 3 is 2.40 bits per heavy atom. The van der Waals surface area contributed by atoms with Gasteiger partial charge in [0, 0.05) is 11.6 Å². The average molecular weight is 465 g/mol. The molecule has 1 amide bonds. The molecule has 0 aliphatic carbocycles. The minimum atomic E-state index is -0.295. The van der Waals surface area contributed by atoms with Gasteiger partial charge in [-0.05, 0) is 44.5 Å². The number of carbonyl (C=O) groups excluding carboxylic acids is 1. The van der Waals surface area contributed by atoms with Gasteiger partial charge in [0.15, 0.2) is 5.65 Å². The first-order valence-electron chi connectivity index (χ1n) is 11.3. The number of para-hydroxylation sites is 1. The predicted octanol–water partition coefficient (Wildman–Crippen LogP) is 5.82. The molecule has 0 bridgehead atoms. The molecule has 5 aromatic rings. The molecule has 0 aliphatic rings. The summed E-state index contributed by atoms with van der Waals surface area (Å²) in [6.07, 6.45) is 4.72.